The second-order valence-electron chi connectivity index (χ2n) is 4.78. The van der Waals surface area contributed by atoms with Gasteiger partial charge in [-0.3, -0.25) is 9.59 Å². The number of Topliss-reactive ketones (excluding diaryl/α,β-unsaturated/α-hetero) is 1. The van der Waals surface area contributed by atoms with E-state index < -0.39 is 11.9 Å². The molecule has 0 aromatic carbocycles. The first kappa shape index (κ1) is 14.2. The molecule has 2 aromatic rings. The number of carbonyl (C=O) groups excluding carboxylic acids is 2. The topological polar surface area (TPSA) is 60.7 Å². The maximum atomic E-state index is 12.0. The summed E-state index contributed by atoms with van der Waals surface area (Å²) < 4.78 is 6.87. The van der Waals surface area contributed by atoms with Crippen molar-refractivity contribution in [3.05, 3.63) is 36.3 Å². The molecule has 0 fully saturated rings. The molecule has 2 rings (SSSR count). The fourth-order valence-corrected chi connectivity index (χ4v) is 2.35. The van der Waals surface area contributed by atoms with Crippen LogP contribution in [0.1, 0.15) is 32.3 Å². The third-order valence-corrected chi connectivity index (χ3v) is 3.42. The van der Waals surface area contributed by atoms with E-state index in [1.165, 1.54) is 6.92 Å². The van der Waals surface area contributed by atoms with E-state index in [0.29, 0.717) is 0 Å². The minimum Gasteiger partial charge on any atom is -0.465 e. The van der Waals surface area contributed by atoms with E-state index in [-0.39, 0.29) is 18.3 Å². The largest absolute Gasteiger partial charge is 0.465 e. The zero-order chi connectivity index (χ0) is 14.7. The predicted molar refractivity (Wildman–Crippen MR) is 74.4 cm³/mol. The lowest BCUT2D eigenvalue weighted by atomic mass is 9.86. The first-order valence-electron chi connectivity index (χ1n) is 6.64. The molecular formula is C15H18N2O3. The summed E-state index contributed by atoms with van der Waals surface area (Å²) in [6.45, 7) is 5.29. The van der Waals surface area contributed by atoms with Gasteiger partial charge in [-0.25, -0.2) is 4.98 Å². The Balaban J connectivity index is 2.32. The lowest BCUT2D eigenvalue weighted by molar-refractivity contribution is -0.151. The highest BCUT2D eigenvalue weighted by molar-refractivity contribution is 5.98. The molecule has 0 spiro atoms. The van der Waals surface area contributed by atoms with Crippen LogP contribution in [0.3, 0.4) is 0 Å². The molecule has 2 aromatic heterocycles. The SMILES string of the molecule is CCOC(=O)C(C(C)=O)C(C)c1ccc2nccn2c1. The van der Waals surface area contributed by atoms with Gasteiger partial charge in [0.05, 0.1) is 6.61 Å². The van der Waals surface area contributed by atoms with E-state index in [1.54, 1.807) is 13.1 Å². The summed E-state index contributed by atoms with van der Waals surface area (Å²) in [6, 6.07) is 3.76. The van der Waals surface area contributed by atoms with Crippen LogP contribution in [-0.2, 0) is 14.3 Å². The Morgan fingerprint density at radius 2 is 2.15 bits per heavy atom. The molecule has 0 bridgehead atoms. The number of ether oxygens (including phenoxy) is 1. The van der Waals surface area contributed by atoms with Crippen LogP contribution in [0, 0.1) is 5.92 Å². The molecule has 5 nitrogen and oxygen atoms in total. The van der Waals surface area contributed by atoms with Gasteiger partial charge in [0.1, 0.15) is 17.3 Å². The van der Waals surface area contributed by atoms with Gasteiger partial charge >= 0.3 is 5.97 Å². The van der Waals surface area contributed by atoms with Crippen molar-refractivity contribution in [2.45, 2.75) is 26.7 Å². The summed E-state index contributed by atoms with van der Waals surface area (Å²) in [7, 11) is 0. The number of rotatable bonds is 5. The van der Waals surface area contributed by atoms with Gasteiger partial charge in [0, 0.05) is 24.5 Å². The molecule has 0 saturated heterocycles. The van der Waals surface area contributed by atoms with Crippen LogP contribution in [0.2, 0.25) is 0 Å². The zero-order valence-electron chi connectivity index (χ0n) is 11.9. The van der Waals surface area contributed by atoms with E-state index in [9.17, 15) is 9.59 Å². The van der Waals surface area contributed by atoms with Gasteiger partial charge in [0.15, 0.2) is 0 Å². The number of imidazole rings is 1. The number of nitrogens with zero attached hydrogens (tertiary/aromatic N) is 2. The Kier molecular flexibility index (Phi) is 4.17. The Morgan fingerprint density at radius 3 is 2.80 bits per heavy atom. The van der Waals surface area contributed by atoms with Gasteiger partial charge < -0.3 is 9.14 Å². The molecule has 0 aliphatic heterocycles. The Hall–Kier alpha value is -2.17. The molecule has 20 heavy (non-hydrogen) atoms. The van der Waals surface area contributed by atoms with Crippen molar-refractivity contribution in [1.29, 1.82) is 0 Å². The van der Waals surface area contributed by atoms with Crippen LogP contribution in [0.25, 0.3) is 5.65 Å². The highest BCUT2D eigenvalue weighted by atomic mass is 16.5. The van der Waals surface area contributed by atoms with Gasteiger partial charge in [-0.1, -0.05) is 13.0 Å². The molecule has 2 atom stereocenters. The molecule has 5 heteroatoms. The van der Waals surface area contributed by atoms with Crippen molar-refractivity contribution >= 4 is 17.4 Å². The number of pyridine rings is 1. The predicted octanol–water partition coefficient (Wildman–Crippen LogP) is 2.21. The first-order chi connectivity index (χ1) is 9.54. The summed E-state index contributed by atoms with van der Waals surface area (Å²) in [5, 5.41) is 0. The molecule has 0 radical (unpaired) electrons. The minimum atomic E-state index is -0.768. The number of hydrogen-bond donors (Lipinski definition) is 0. The van der Waals surface area contributed by atoms with E-state index in [0.717, 1.165) is 11.2 Å². The summed E-state index contributed by atoms with van der Waals surface area (Å²) in [4.78, 5) is 27.9. The first-order valence-corrected chi connectivity index (χ1v) is 6.64. The minimum absolute atomic E-state index is 0.179. The lowest BCUT2D eigenvalue weighted by Crippen LogP contribution is -2.29. The Bertz CT molecular complexity index is 633. The van der Waals surface area contributed by atoms with Gasteiger partial charge in [-0.05, 0) is 25.5 Å². The maximum absolute atomic E-state index is 12.0. The maximum Gasteiger partial charge on any atom is 0.317 e. The average Bonchev–Trinajstić information content (AvgIpc) is 2.85. The highest BCUT2D eigenvalue weighted by Crippen LogP contribution is 2.26. The Labute approximate surface area is 117 Å². The van der Waals surface area contributed by atoms with Crippen LogP contribution in [0.5, 0.6) is 0 Å². The van der Waals surface area contributed by atoms with Crippen LogP contribution in [0.15, 0.2) is 30.7 Å². The third kappa shape index (κ3) is 2.71. The van der Waals surface area contributed by atoms with Crippen LogP contribution in [-0.4, -0.2) is 27.7 Å². The van der Waals surface area contributed by atoms with Crippen molar-refractivity contribution in [3.63, 3.8) is 0 Å². The highest BCUT2D eigenvalue weighted by Gasteiger charge is 2.31. The summed E-state index contributed by atoms with van der Waals surface area (Å²) in [5.41, 5.74) is 1.74. The number of ketones is 1. The van der Waals surface area contributed by atoms with Crippen LogP contribution < -0.4 is 0 Å². The number of fused-ring (bicyclic) bond motifs is 1. The molecule has 106 valence electrons. The number of esters is 1. The van der Waals surface area contributed by atoms with E-state index in [4.69, 9.17) is 4.74 Å². The fourth-order valence-electron chi connectivity index (χ4n) is 2.35. The van der Waals surface area contributed by atoms with Crippen LogP contribution in [0.4, 0.5) is 0 Å². The second kappa shape index (κ2) is 5.86. The number of aromatic nitrogens is 2. The standard InChI is InChI=1S/C15H18N2O3/c1-4-20-15(19)14(11(3)18)10(2)12-5-6-13-16-7-8-17(13)9-12/h5-10,14H,4H2,1-3H3. The molecule has 0 amide bonds. The molecule has 0 aliphatic rings. The van der Waals surface area contributed by atoms with Gasteiger partial charge in [0.25, 0.3) is 0 Å². The van der Waals surface area contributed by atoms with Crippen molar-refractivity contribution in [2.75, 3.05) is 6.61 Å². The van der Waals surface area contributed by atoms with E-state index in [1.807, 2.05) is 35.9 Å². The smallest absolute Gasteiger partial charge is 0.317 e. The summed E-state index contributed by atoms with van der Waals surface area (Å²) in [5.74, 6) is -1.64. The van der Waals surface area contributed by atoms with Crippen molar-refractivity contribution in [1.82, 2.24) is 9.38 Å². The van der Waals surface area contributed by atoms with Crippen molar-refractivity contribution in [3.8, 4) is 0 Å². The lowest BCUT2D eigenvalue weighted by Gasteiger charge is -2.20. The van der Waals surface area contributed by atoms with Gasteiger partial charge in [0.2, 0.25) is 0 Å². The fraction of sp³-hybridized carbons (Fsp3) is 0.400. The average molecular weight is 274 g/mol. The van der Waals surface area contributed by atoms with Gasteiger partial charge in [-0.2, -0.15) is 0 Å². The monoisotopic (exact) mass is 274 g/mol. The molecule has 2 unspecified atom stereocenters. The molecule has 2 heterocycles. The number of carbonyl (C=O) groups is 2. The van der Waals surface area contributed by atoms with E-state index >= 15 is 0 Å². The molecular weight excluding hydrogens is 256 g/mol. The summed E-state index contributed by atoms with van der Waals surface area (Å²) in [6.07, 6.45) is 5.43. The van der Waals surface area contributed by atoms with Crippen molar-refractivity contribution in [2.24, 2.45) is 5.92 Å². The summed E-state index contributed by atoms with van der Waals surface area (Å²) >= 11 is 0. The zero-order valence-corrected chi connectivity index (χ0v) is 11.9. The second-order valence-corrected chi connectivity index (χ2v) is 4.78. The third-order valence-electron chi connectivity index (χ3n) is 3.42. The Morgan fingerprint density at radius 1 is 1.40 bits per heavy atom. The molecule has 0 saturated carbocycles. The number of hydrogen-bond acceptors (Lipinski definition) is 4. The van der Waals surface area contributed by atoms with Gasteiger partial charge in [-0.15, -0.1) is 0 Å². The van der Waals surface area contributed by atoms with E-state index in [2.05, 4.69) is 4.98 Å². The normalized spacial score (nSPS) is 13.9. The molecule has 0 aliphatic carbocycles. The molecule has 0 N–H and O–H groups in total. The quantitative estimate of drug-likeness (QED) is 0.619. The van der Waals surface area contributed by atoms with Crippen molar-refractivity contribution < 1.29 is 14.3 Å². The van der Waals surface area contributed by atoms with Crippen LogP contribution >= 0.6 is 0 Å².